The van der Waals surface area contributed by atoms with Crippen molar-refractivity contribution in [2.75, 3.05) is 13.7 Å². The van der Waals surface area contributed by atoms with E-state index in [0.717, 1.165) is 28.0 Å². The number of rotatable bonds is 6. The largest absolute Gasteiger partial charge is 0.497 e. The van der Waals surface area contributed by atoms with Gasteiger partial charge in [-0.3, -0.25) is 9.78 Å². The molecule has 2 heterocycles. The average Bonchev–Trinajstić information content (AvgIpc) is 2.80. The Bertz CT molecular complexity index is 1090. The highest BCUT2D eigenvalue weighted by Crippen LogP contribution is 2.41. The maximum absolute atomic E-state index is 12.8. The number of amides is 1. The van der Waals surface area contributed by atoms with Gasteiger partial charge in [0.25, 0.3) is 0 Å². The van der Waals surface area contributed by atoms with Crippen molar-refractivity contribution in [3.63, 3.8) is 0 Å². The second-order valence-corrected chi connectivity index (χ2v) is 7.54. The number of nitriles is 1. The van der Waals surface area contributed by atoms with E-state index in [1.165, 1.54) is 4.90 Å². The van der Waals surface area contributed by atoms with Crippen molar-refractivity contribution in [1.29, 1.82) is 5.26 Å². The molecule has 6 heteroatoms. The van der Waals surface area contributed by atoms with Gasteiger partial charge in [0.2, 0.25) is 5.91 Å². The van der Waals surface area contributed by atoms with Crippen molar-refractivity contribution in [2.24, 2.45) is 0 Å². The quantitative estimate of drug-likeness (QED) is 0.671. The van der Waals surface area contributed by atoms with Crippen molar-refractivity contribution in [1.82, 2.24) is 9.88 Å². The first-order valence-corrected chi connectivity index (χ1v) is 10.1. The number of benzene rings is 2. The molecule has 0 aliphatic carbocycles. The summed E-state index contributed by atoms with van der Waals surface area (Å²) in [7, 11) is 1.64. The van der Waals surface area contributed by atoms with Crippen LogP contribution in [0.4, 0.5) is 0 Å². The Morgan fingerprint density at radius 3 is 2.52 bits per heavy atom. The van der Waals surface area contributed by atoms with Crippen LogP contribution < -0.4 is 4.74 Å². The highest BCUT2D eigenvalue weighted by Gasteiger charge is 2.51. The number of aliphatic hydroxyl groups excluding tert-OH is 1. The predicted molar refractivity (Wildman–Crippen MR) is 116 cm³/mol. The lowest BCUT2D eigenvalue weighted by Gasteiger charge is -2.51. The lowest BCUT2D eigenvalue weighted by Crippen LogP contribution is -2.65. The lowest BCUT2D eigenvalue weighted by molar-refractivity contribution is -0.146. The van der Waals surface area contributed by atoms with Crippen molar-refractivity contribution < 1.29 is 14.6 Å². The summed E-state index contributed by atoms with van der Waals surface area (Å²) in [6.07, 6.45) is 3.45. The van der Waals surface area contributed by atoms with E-state index in [1.807, 2.05) is 48.5 Å². The van der Waals surface area contributed by atoms with Gasteiger partial charge < -0.3 is 14.7 Å². The molecule has 1 amide bonds. The van der Waals surface area contributed by atoms with Crippen LogP contribution in [0, 0.1) is 11.3 Å². The van der Waals surface area contributed by atoms with Gasteiger partial charge in [0, 0.05) is 18.3 Å². The lowest BCUT2D eigenvalue weighted by atomic mass is 9.75. The molecule has 0 bridgehead atoms. The van der Waals surface area contributed by atoms with Crippen LogP contribution in [0.15, 0.2) is 73.1 Å². The Morgan fingerprint density at radius 2 is 1.87 bits per heavy atom. The van der Waals surface area contributed by atoms with Gasteiger partial charge >= 0.3 is 0 Å². The Balaban J connectivity index is 1.53. The van der Waals surface area contributed by atoms with Gasteiger partial charge in [-0.1, -0.05) is 36.4 Å². The van der Waals surface area contributed by atoms with Crippen LogP contribution in [0.2, 0.25) is 0 Å². The zero-order chi connectivity index (χ0) is 21.8. The molecule has 0 saturated carbocycles. The fourth-order valence-corrected chi connectivity index (χ4v) is 4.22. The summed E-state index contributed by atoms with van der Waals surface area (Å²) in [6, 6.07) is 20.5. The van der Waals surface area contributed by atoms with Gasteiger partial charge in [-0.25, -0.2) is 0 Å². The molecule has 31 heavy (non-hydrogen) atoms. The van der Waals surface area contributed by atoms with Gasteiger partial charge in [-0.15, -0.1) is 0 Å². The first-order chi connectivity index (χ1) is 15.2. The molecule has 1 saturated heterocycles. The highest BCUT2D eigenvalue weighted by molar-refractivity contribution is 5.81. The van der Waals surface area contributed by atoms with E-state index >= 15 is 0 Å². The van der Waals surface area contributed by atoms with Crippen LogP contribution in [0.3, 0.4) is 0 Å². The number of aromatic nitrogens is 1. The number of likely N-dealkylation sites (tertiary alicyclic amines) is 1. The Hall–Kier alpha value is -3.69. The van der Waals surface area contributed by atoms with Crippen LogP contribution in [-0.4, -0.2) is 46.7 Å². The van der Waals surface area contributed by atoms with E-state index in [0.29, 0.717) is 0 Å². The number of pyridine rings is 1. The minimum Gasteiger partial charge on any atom is -0.497 e. The molecule has 4 rings (SSSR count). The molecule has 156 valence electrons. The first kappa shape index (κ1) is 20.6. The van der Waals surface area contributed by atoms with Gasteiger partial charge in [0.05, 0.1) is 32.2 Å². The van der Waals surface area contributed by atoms with Gasteiger partial charge in [0.15, 0.2) is 0 Å². The normalized spacial score (nSPS) is 19.9. The molecular weight excluding hydrogens is 390 g/mol. The molecule has 3 aromatic rings. The van der Waals surface area contributed by atoms with E-state index in [9.17, 15) is 15.2 Å². The molecule has 2 aromatic carbocycles. The molecule has 1 aliphatic heterocycles. The third kappa shape index (κ3) is 4.00. The summed E-state index contributed by atoms with van der Waals surface area (Å²) >= 11 is 0. The minimum absolute atomic E-state index is 0.166. The van der Waals surface area contributed by atoms with Crippen molar-refractivity contribution >= 4 is 5.91 Å². The summed E-state index contributed by atoms with van der Waals surface area (Å²) < 4.78 is 5.29. The first-order valence-electron chi connectivity index (χ1n) is 10.1. The number of hydrogen-bond acceptors (Lipinski definition) is 5. The SMILES string of the molecule is COc1cccc(-c2ccc([C@@H]3[C@@H](C#N)N(C(=O)Cc4ccncc4)[C@@H]3CO)cc2)c1. The van der Waals surface area contributed by atoms with Crippen LogP contribution >= 0.6 is 0 Å². The topological polar surface area (TPSA) is 86.5 Å². The van der Waals surface area contributed by atoms with Crippen LogP contribution in [0.25, 0.3) is 11.1 Å². The predicted octanol–water partition coefficient (Wildman–Crippen LogP) is 3.18. The zero-order valence-electron chi connectivity index (χ0n) is 17.2. The second-order valence-electron chi connectivity index (χ2n) is 7.54. The Kier molecular flexibility index (Phi) is 5.96. The number of nitrogens with zero attached hydrogens (tertiary/aromatic N) is 3. The average molecular weight is 413 g/mol. The molecule has 1 aliphatic rings. The fourth-order valence-electron chi connectivity index (χ4n) is 4.22. The molecule has 6 nitrogen and oxygen atoms in total. The van der Waals surface area contributed by atoms with Crippen molar-refractivity contribution in [3.8, 4) is 22.9 Å². The molecule has 0 radical (unpaired) electrons. The highest BCUT2D eigenvalue weighted by atomic mass is 16.5. The summed E-state index contributed by atoms with van der Waals surface area (Å²) in [4.78, 5) is 18.3. The second kappa shape index (κ2) is 8.99. The maximum Gasteiger partial charge on any atom is 0.228 e. The van der Waals surface area contributed by atoms with Gasteiger partial charge in [0.1, 0.15) is 11.8 Å². The third-order valence-corrected chi connectivity index (χ3v) is 5.82. The molecule has 1 fully saturated rings. The third-order valence-electron chi connectivity index (χ3n) is 5.82. The van der Waals surface area contributed by atoms with Crippen molar-refractivity contribution in [2.45, 2.75) is 24.4 Å². The fraction of sp³-hybridized carbons (Fsp3) is 0.240. The number of aliphatic hydroxyl groups is 1. The molecule has 3 atom stereocenters. The monoisotopic (exact) mass is 413 g/mol. The molecule has 0 spiro atoms. The maximum atomic E-state index is 12.8. The van der Waals surface area contributed by atoms with E-state index in [4.69, 9.17) is 4.74 Å². The number of carbonyl (C=O) groups excluding carboxylic acids is 1. The molecular formula is C25H23N3O3. The Labute approximate surface area is 181 Å². The van der Waals surface area contributed by atoms with E-state index in [1.54, 1.807) is 31.6 Å². The minimum atomic E-state index is -0.603. The van der Waals surface area contributed by atoms with Crippen molar-refractivity contribution in [3.05, 3.63) is 84.2 Å². The summed E-state index contributed by atoms with van der Waals surface area (Å²) in [6.45, 7) is -0.192. The van der Waals surface area contributed by atoms with E-state index in [-0.39, 0.29) is 24.9 Å². The molecule has 0 unspecified atom stereocenters. The van der Waals surface area contributed by atoms with Gasteiger partial charge in [-0.05, 0) is 46.5 Å². The Morgan fingerprint density at radius 1 is 1.13 bits per heavy atom. The number of methoxy groups -OCH3 is 1. The summed E-state index contributed by atoms with van der Waals surface area (Å²) in [5.74, 6) is 0.394. The summed E-state index contributed by atoms with van der Waals surface area (Å²) in [5.41, 5.74) is 3.83. The van der Waals surface area contributed by atoms with Crippen LogP contribution in [0.1, 0.15) is 17.0 Å². The zero-order valence-corrected chi connectivity index (χ0v) is 17.2. The number of hydrogen-bond donors (Lipinski definition) is 1. The van der Waals surface area contributed by atoms with Gasteiger partial charge in [-0.2, -0.15) is 5.26 Å². The number of ether oxygens (including phenoxy) is 1. The van der Waals surface area contributed by atoms with Crippen LogP contribution in [0.5, 0.6) is 5.75 Å². The molecule has 1 N–H and O–H groups in total. The standard InChI is InChI=1S/C25H23N3O3/c1-31-21-4-2-3-20(14-21)18-5-7-19(8-6-18)25-22(15-26)28(23(25)16-29)24(30)13-17-9-11-27-12-10-17/h2-12,14,22-23,25,29H,13,16H2,1H3/t22-,23-,25-/m1/s1. The number of carbonyl (C=O) groups is 1. The van der Waals surface area contributed by atoms with E-state index < -0.39 is 12.1 Å². The molecule has 1 aromatic heterocycles. The van der Waals surface area contributed by atoms with Crippen LogP contribution in [-0.2, 0) is 11.2 Å². The summed E-state index contributed by atoms with van der Waals surface area (Å²) in [5, 5.41) is 19.7. The smallest absolute Gasteiger partial charge is 0.228 e. The van der Waals surface area contributed by atoms with E-state index in [2.05, 4.69) is 11.1 Å².